The molecule has 2 rings (SSSR count). The highest BCUT2D eigenvalue weighted by atomic mass is 16.5. The number of aliphatic hydroxyl groups excluding tert-OH is 2. The Hall–Kier alpha value is -1.44. The van der Waals surface area contributed by atoms with E-state index in [9.17, 15) is 15.0 Å². The van der Waals surface area contributed by atoms with Gasteiger partial charge in [0.15, 0.2) is 0 Å². The summed E-state index contributed by atoms with van der Waals surface area (Å²) in [5.74, 6) is 0.0589. The number of carbonyl (C=O) groups is 1. The molecule has 0 atom stereocenters. The average Bonchev–Trinajstić information content (AvgIpc) is 2.98. The van der Waals surface area contributed by atoms with Crippen LogP contribution in [0.15, 0.2) is 10.6 Å². The summed E-state index contributed by atoms with van der Waals surface area (Å²) in [6.07, 6.45) is 3.01. The highest BCUT2D eigenvalue weighted by molar-refractivity contribution is 5.96. The third kappa shape index (κ3) is 4.55. The zero-order chi connectivity index (χ0) is 18.0. The lowest BCUT2D eigenvalue weighted by Gasteiger charge is -2.33. The lowest BCUT2D eigenvalue weighted by molar-refractivity contribution is -0.121. The number of aromatic nitrogens is 1. The van der Waals surface area contributed by atoms with Crippen LogP contribution >= 0.6 is 0 Å². The van der Waals surface area contributed by atoms with Crippen molar-refractivity contribution in [3.05, 3.63) is 11.8 Å². The van der Waals surface area contributed by atoms with Gasteiger partial charge < -0.3 is 20.1 Å². The number of nitrogens with one attached hydrogen (secondary N) is 2. The summed E-state index contributed by atoms with van der Waals surface area (Å²) in [5.41, 5.74) is -0.706. The third-order valence-electron chi connectivity index (χ3n) is 4.66. The monoisotopic (exact) mass is 339 g/mol. The van der Waals surface area contributed by atoms with Crippen LogP contribution in [0.3, 0.4) is 0 Å². The first-order chi connectivity index (χ1) is 11.1. The first kappa shape index (κ1) is 18.9. The number of hydrogen-bond donors (Lipinski definition) is 4. The first-order valence-electron chi connectivity index (χ1n) is 8.49. The van der Waals surface area contributed by atoms with Crippen LogP contribution in [0.2, 0.25) is 0 Å². The van der Waals surface area contributed by atoms with E-state index in [-0.39, 0.29) is 30.5 Å². The minimum Gasteiger partial charge on any atom is -0.395 e. The molecule has 1 aromatic heterocycles. The minimum absolute atomic E-state index is 0.0620. The molecule has 7 heteroatoms. The molecule has 0 radical (unpaired) electrons. The van der Waals surface area contributed by atoms with E-state index < -0.39 is 11.0 Å². The third-order valence-corrected chi connectivity index (χ3v) is 4.66. The quantitative estimate of drug-likeness (QED) is 0.626. The molecular formula is C17H29N3O4. The molecule has 0 spiro atoms. The van der Waals surface area contributed by atoms with Crippen LogP contribution in [-0.4, -0.2) is 45.6 Å². The van der Waals surface area contributed by atoms with E-state index in [0.29, 0.717) is 5.69 Å². The van der Waals surface area contributed by atoms with Crippen molar-refractivity contribution in [1.82, 2.24) is 10.5 Å². The molecule has 1 aliphatic carbocycles. The average molecular weight is 339 g/mol. The molecule has 0 bridgehead atoms. The predicted molar refractivity (Wildman–Crippen MR) is 90.7 cm³/mol. The van der Waals surface area contributed by atoms with E-state index in [0.717, 1.165) is 25.7 Å². The zero-order valence-electron chi connectivity index (χ0n) is 14.9. The van der Waals surface area contributed by atoms with Crippen molar-refractivity contribution in [1.29, 1.82) is 0 Å². The molecule has 0 aromatic carbocycles. The number of nitrogens with zero attached hydrogens (tertiary/aromatic N) is 1. The van der Waals surface area contributed by atoms with Crippen molar-refractivity contribution < 1.29 is 19.5 Å². The summed E-state index contributed by atoms with van der Waals surface area (Å²) in [5, 5.41) is 29.0. The molecule has 0 aliphatic heterocycles. The van der Waals surface area contributed by atoms with Crippen LogP contribution < -0.4 is 10.6 Å². The van der Waals surface area contributed by atoms with Crippen LogP contribution in [0.5, 0.6) is 0 Å². The number of hydrogen-bond acceptors (Lipinski definition) is 6. The fourth-order valence-electron chi connectivity index (χ4n) is 2.80. The second-order valence-corrected chi connectivity index (χ2v) is 7.85. The summed E-state index contributed by atoms with van der Waals surface area (Å²) in [6.45, 7) is 7.27. The van der Waals surface area contributed by atoms with Crippen LogP contribution in [0.1, 0.15) is 59.1 Å². The molecule has 0 unspecified atom stereocenters. The van der Waals surface area contributed by atoms with E-state index >= 15 is 0 Å². The van der Waals surface area contributed by atoms with Gasteiger partial charge in [-0.15, -0.1) is 0 Å². The fraction of sp³-hybridized carbons (Fsp3) is 0.765. The normalized spacial score (nSPS) is 22.4. The van der Waals surface area contributed by atoms with Gasteiger partial charge in [0.2, 0.25) is 11.8 Å². The number of carbonyl (C=O) groups excluding carboxylic acids is 1. The molecule has 7 nitrogen and oxygen atoms in total. The van der Waals surface area contributed by atoms with Gasteiger partial charge in [-0.05, 0) is 39.5 Å². The van der Waals surface area contributed by atoms with Gasteiger partial charge in [-0.25, -0.2) is 0 Å². The Morgan fingerprint density at radius 2 is 1.92 bits per heavy atom. The summed E-state index contributed by atoms with van der Waals surface area (Å²) >= 11 is 0. The Balaban J connectivity index is 1.95. The maximum Gasteiger partial charge on any atom is 0.246 e. The molecule has 1 saturated carbocycles. The zero-order valence-corrected chi connectivity index (χ0v) is 14.9. The molecule has 0 saturated heterocycles. The summed E-state index contributed by atoms with van der Waals surface area (Å²) in [6, 6.07) is 1.86. The fourth-order valence-corrected chi connectivity index (χ4v) is 2.80. The van der Waals surface area contributed by atoms with Gasteiger partial charge in [-0.1, -0.05) is 19.0 Å². The topological polar surface area (TPSA) is 108 Å². The van der Waals surface area contributed by atoms with Crippen molar-refractivity contribution in [2.45, 2.75) is 76.5 Å². The first-order valence-corrected chi connectivity index (χ1v) is 8.49. The molecule has 1 heterocycles. The Labute approximate surface area is 142 Å². The largest absolute Gasteiger partial charge is 0.395 e. The standard InChI is InChI=1S/C17H29N3O4/c1-16(2,10-21)13-9-14(24-20-13)18-15(23)17(3,4)19-11-5-7-12(22)8-6-11/h9,11-12,19,21-22H,5-8,10H2,1-4H3,(H,18,23). The van der Waals surface area contributed by atoms with Gasteiger partial charge in [-0.2, -0.15) is 0 Å². The van der Waals surface area contributed by atoms with Crippen LogP contribution in [0, 0.1) is 0 Å². The molecule has 1 fully saturated rings. The second kappa shape index (κ2) is 7.21. The Bertz CT molecular complexity index is 560. The smallest absolute Gasteiger partial charge is 0.246 e. The lowest BCUT2D eigenvalue weighted by atomic mass is 9.90. The minimum atomic E-state index is -0.771. The Morgan fingerprint density at radius 1 is 1.29 bits per heavy atom. The van der Waals surface area contributed by atoms with Crippen molar-refractivity contribution >= 4 is 11.8 Å². The molecule has 1 aliphatic rings. The van der Waals surface area contributed by atoms with Crippen LogP contribution in [-0.2, 0) is 10.2 Å². The second-order valence-electron chi connectivity index (χ2n) is 7.85. The van der Waals surface area contributed by atoms with E-state index in [1.807, 2.05) is 27.7 Å². The molecule has 1 amide bonds. The Morgan fingerprint density at radius 3 is 2.50 bits per heavy atom. The highest BCUT2D eigenvalue weighted by Gasteiger charge is 2.33. The van der Waals surface area contributed by atoms with Gasteiger partial charge >= 0.3 is 0 Å². The molecular weight excluding hydrogens is 310 g/mol. The van der Waals surface area contributed by atoms with Gasteiger partial charge in [0, 0.05) is 17.5 Å². The predicted octanol–water partition coefficient (Wildman–Crippen LogP) is 1.55. The molecule has 136 valence electrons. The van der Waals surface area contributed by atoms with Crippen molar-refractivity contribution in [3.8, 4) is 0 Å². The molecule has 24 heavy (non-hydrogen) atoms. The van der Waals surface area contributed by atoms with Gasteiger partial charge in [0.25, 0.3) is 0 Å². The summed E-state index contributed by atoms with van der Waals surface area (Å²) in [7, 11) is 0. The lowest BCUT2D eigenvalue weighted by Crippen LogP contribution is -2.54. The summed E-state index contributed by atoms with van der Waals surface area (Å²) < 4.78 is 5.17. The SMILES string of the molecule is CC(C)(NC1CCC(O)CC1)C(=O)Nc1cc(C(C)(C)CO)no1. The van der Waals surface area contributed by atoms with Crippen molar-refractivity contribution in [2.24, 2.45) is 0 Å². The Kier molecular flexibility index (Phi) is 5.67. The summed E-state index contributed by atoms with van der Waals surface area (Å²) in [4.78, 5) is 12.5. The maximum atomic E-state index is 12.5. The van der Waals surface area contributed by atoms with Crippen LogP contribution in [0.4, 0.5) is 5.88 Å². The van der Waals surface area contributed by atoms with Gasteiger partial charge in [0.05, 0.1) is 23.9 Å². The molecule has 4 N–H and O–H groups in total. The van der Waals surface area contributed by atoms with E-state index in [4.69, 9.17) is 4.52 Å². The van der Waals surface area contributed by atoms with Gasteiger partial charge in [-0.3, -0.25) is 10.1 Å². The van der Waals surface area contributed by atoms with Crippen LogP contribution in [0.25, 0.3) is 0 Å². The van der Waals surface area contributed by atoms with Gasteiger partial charge in [0.1, 0.15) is 0 Å². The maximum absolute atomic E-state index is 12.5. The van der Waals surface area contributed by atoms with E-state index in [2.05, 4.69) is 15.8 Å². The number of aliphatic hydroxyl groups is 2. The molecule has 1 aromatic rings. The van der Waals surface area contributed by atoms with E-state index in [1.165, 1.54) is 0 Å². The number of anilines is 1. The number of rotatable bonds is 6. The number of amides is 1. The van der Waals surface area contributed by atoms with Crippen molar-refractivity contribution in [3.63, 3.8) is 0 Å². The van der Waals surface area contributed by atoms with E-state index in [1.54, 1.807) is 6.07 Å². The highest BCUT2D eigenvalue weighted by Crippen LogP contribution is 2.25. The van der Waals surface area contributed by atoms with Crippen molar-refractivity contribution in [2.75, 3.05) is 11.9 Å².